The summed E-state index contributed by atoms with van der Waals surface area (Å²) in [7, 11) is 0. The van der Waals surface area contributed by atoms with Gasteiger partial charge in [-0.25, -0.2) is 9.97 Å². The van der Waals surface area contributed by atoms with E-state index in [2.05, 4.69) is 51.8 Å². The molecule has 3 rings (SSSR count). The second-order valence-corrected chi connectivity index (χ2v) is 6.80. The summed E-state index contributed by atoms with van der Waals surface area (Å²) in [5, 5.41) is 6.21. The summed E-state index contributed by atoms with van der Waals surface area (Å²) in [6.45, 7) is 8.44. The first-order valence-corrected chi connectivity index (χ1v) is 8.94. The summed E-state index contributed by atoms with van der Waals surface area (Å²) in [6.07, 6.45) is 0. The van der Waals surface area contributed by atoms with Gasteiger partial charge in [-0.1, -0.05) is 42.0 Å². The highest BCUT2D eigenvalue weighted by atomic mass is 16.1. The highest BCUT2D eigenvalue weighted by Gasteiger charge is 2.12. The number of amides is 1. The van der Waals surface area contributed by atoms with Gasteiger partial charge in [-0.15, -0.1) is 0 Å². The van der Waals surface area contributed by atoms with Crippen molar-refractivity contribution in [2.45, 2.75) is 34.2 Å². The Morgan fingerprint density at radius 2 is 1.59 bits per heavy atom. The Labute approximate surface area is 159 Å². The number of carbonyl (C=O) groups excluding carboxylic acids is 1. The molecule has 0 saturated heterocycles. The van der Waals surface area contributed by atoms with Crippen LogP contribution < -0.4 is 10.6 Å². The van der Waals surface area contributed by atoms with Crippen molar-refractivity contribution in [3.05, 3.63) is 82.3 Å². The first-order chi connectivity index (χ1) is 12.9. The normalized spacial score (nSPS) is 10.5. The first-order valence-electron chi connectivity index (χ1n) is 8.94. The summed E-state index contributed by atoms with van der Waals surface area (Å²) >= 11 is 0. The van der Waals surface area contributed by atoms with Crippen molar-refractivity contribution in [1.82, 2.24) is 9.97 Å². The number of aryl methyl sites for hydroxylation is 4. The molecule has 2 N–H and O–H groups in total. The van der Waals surface area contributed by atoms with Gasteiger partial charge < -0.3 is 10.6 Å². The van der Waals surface area contributed by atoms with Crippen LogP contribution in [0.5, 0.6) is 0 Å². The van der Waals surface area contributed by atoms with E-state index in [9.17, 15) is 4.79 Å². The molecular formula is C22H24N4O. The second kappa shape index (κ2) is 7.99. The lowest BCUT2D eigenvalue weighted by atomic mass is 10.1. The van der Waals surface area contributed by atoms with Gasteiger partial charge in [-0.05, 0) is 50.5 Å². The Morgan fingerprint density at radius 3 is 2.33 bits per heavy atom. The molecule has 0 aliphatic carbocycles. The lowest BCUT2D eigenvalue weighted by Crippen LogP contribution is -2.16. The third-order valence-electron chi connectivity index (χ3n) is 4.31. The van der Waals surface area contributed by atoms with E-state index < -0.39 is 0 Å². The van der Waals surface area contributed by atoms with Crippen molar-refractivity contribution in [1.29, 1.82) is 0 Å². The largest absolute Gasteiger partial charge is 0.366 e. The number of nitrogens with zero attached hydrogens (tertiary/aromatic N) is 2. The van der Waals surface area contributed by atoms with Gasteiger partial charge in [0.05, 0.1) is 0 Å². The highest BCUT2D eigenvalue weighted by Crippen LogP contribution is 2.18. The van der Waals surface area contributed by atoms with Crippen molar-refractivity contribution in [3.8, 4) is 0 Å². The predicted octanol–water partition coefficient (Wildman–Crippen LogP) is 4.57. The van der Waals surface area contributed by atoms with E-state index >= 15 is 0 Å². The Kier molecular flexibility index (Phi) is 5.50. The van der Waals surface area contributed by atoms with Crippen LogP contribution in [-0.2, 0) is 6.54 Å². The van der Waals surface area contributed by atoms with Crippen LogP contribution in [0, 0.1) is 27.7 Å². The fourth-order valence-electron chi connectivity index (χ4n) is 2.73. The smallest absolute Gasteiger partial charge is 0.274 e. The minimum Gasteiger partial charge on any atom is -0.366 e. The van der Waals surface area contributed by atoms with Gasteiger partial charge in [0, 0.05) is 18.3 Å². The zero-order valence-electron chi connectivity index (χ0n) is 16.1. The van der Waals surface area contributed by atoms with Crippen LogP contribution in [0.3, 0.4) is 0 Å². The molecule has 0 aliphatic heterocycles. The molecule has 0 aliphatic rings. The Balaban J connectivity index is 1.74. The lowest BCUT2D eigenvalue weighted by Gasteiger charge is -2.11. The van der Waals surface area contributed by atoms with Crippen molar-refractivity contribution < 1.29 is 4.79 Å². The maximum Gasteiger partial charge on any atom is 0.274 e. The van der Waals surface area contributed by atoms with E-state index in [1.165, 1.54) is 5.56 Å². The molecule has 5 heteroatoms. The van der Waals surface area contributed by atoms with Crippen LogP contribution in [-0.4, -0.2) is 15.9 Å². The van der Waals surface area contributed by atoms with E-state index in [0.29, 0.717) is 23.9 Å². The number of hydrogen-bond acceptors (Lipinski definition) is 4. The molecule has 0 bridgehead atoms. The van der Waals surface area contributed by atoms with Crippen molar-refractivity contribution in [2.75, 3.05) is 10.6 Å². The number of anilines is 2. The van der Waals surface area contributed by atoms with Crippen LogP contribution in [0.4, 0.5) is 11.5 Å². The van der Waals surface area contributed by atoms with Crippen molar-refractivity contribution in [2.24, 2.45) is 0 Å². The standard InChI is InChI=1S/C22H24N4O/c1-14-6-9-18(10-7-14)13-23-21-12-20(24-17(4)25-21)22(27)26-19-11-15(2)5-8-16(19)3/h5-12H,13H2,1-4H3,(H,26,27)(H,23,24,25). The van der Waals surface area contributed by atoms with Crippen LogP contribution in [0.25, 0.3) is 0 Å². The predicted molar refractivity (Wildman–Crippen MR) is 109 cm³/mol. The number of benzene rings is 2. The summed E-state index contributed by atoms with van der Waals surface area (Å²) in [4.78, 5) is 21.3. The van der Waals surface area contributed by atoms with Crippen molar-refractivity contribution in [3.63, 3.8) is 0 Å². The monoisotopic (exact) mass is 360 g/mol. The molecule has 1 amide bonds. The third-order valence-corrected chi connectivity index (χ3v) is 4.31. The Bertz CT molecular complexity index is 965. The molecule has 0 radical (unpaired) electrons. The molecule has 0 saturated carbocycles. The molecule has 5 nitrogen and oxygen atoms in total. The Hall–Kier alpha value is -3.21. The fraction of sp³-hybridized carbons (Fsp3) is 0.227. The molecule has 0 unspecified atom stereocenters. The van der Waals surface area contributed by atoms with Gasteiger partial charge in [0.2, 0.25) is 0 Å². The fourth-order valence-corrected chi connectivity index (χ4v) is 2.73. The molecule has 1 heterocycles. The SMILES string of the molecule is Cc1ccc(CNc2cc(C(=O)Nc3cc(C)ccc3C)nc(C)n2)cc1. The minimum absolute atomic E-state index is 0.243. The van der Waals surface area contributed by atoms with Gasteiger partial charge in [0.25, 0.3) is 5.91 Å². The summed E-state index contributed by atoms with van der Waals surface area (Å²) < 4.78 is 0. The maximum absolute atomic E-state index is 12.7. The molecular weight excluding hydrogens is 336 g/mol. The van der Waals surface area contributed by atoms with Gasteiger partial charge >= 0.3 is 0 Å². The minimum atomic E-state index is -0.243. The van der Waals surface area contributed by atoms with E-state index in [1.54, 1.807) is 13.0 Å². The van der Waals surface area contributed by atoms with Crippen LogP contribution in [0.15, 0.2) is 48.5 Å². The molecule has 1 aromatic heterocycles. The van der Waals surface area contributed by atoms with E-state index in [1.807, 2.05) is 32.0 Å². The van der Waals surface area contributed by atoms with Gasteiger partial charge in [-0.2, -0.15) is 0 Å². The van der Waals surface area contributed by atoms with Gasteiger partial charge in [0.1, 0.15) is 17.3 Å². The zero-order valence-corrected chi connectivity index (χ0v) is 16.1. The number of nitrogens with one attached hydrogen (secondary N) is 2. The average molecular weight is 360 g/mol. The van der Waals surface area contributed by atoms with Crippen molar-refractivity contribution >= 4 is 17.4 Å². The average Bonchev–Trinajstić information content (AvgIpc) is 2.64. The lowest BCUT2D eigenvalue weighted by molar-refractivity contribution is 0.102. The van der Waals surface area contributed by atoms with E-state index in [0.717, 1.165) is 22.4 Å². The van der Waals surface area contributed by atoms with Gasteiger partial charge in [0.15, 0.2) is 0 Å². The molecule has 3 aromatic rings. The third kappa shape index (κ3) is 4.91. The van der Waals surface area contributed by atoms with E-state index in [4.69, 9.17) is 0 Å². The second-order valence-electron chi connectivity index (χ2n) is 6.80. The zero-order chi connectivity index (χ0) is 19.4. The summed E-state index contributed by atoms with van der Waals surface area (Å²) in [6, 6.07) is 15.9. The van der Waals surface area contributed by atoms with E-state index in [-0.39, 0.29) is 5.91 Å². The molecule has 0 atom stereocenters. The molecule has 0 spiro atoms. The molecule has 138 valence electrons. The van der Waals surface area contributed by atoms with Crippen LogP contribution >= 0.6 is 0 Å². The van der Waals surface area contributed by atoms with Gasteiger partial charge in [-0.3, -0.25) is 4.79 Å². The number of aromatic nitrogens is 2. The number of hydrogen-bond donors (Lipinski definition) is 2. The Morgan fingerprint density at radius 1 is 0.889 bits per heavy atom. The topological polar surface area (TPSA) is 66.9 Å². The first kappa shape index (κ1) is 18.6. The number of rotatable bonds is 5. The highest BCUT2D eigenvalue weighted by molar-refractivity contribution is 6.03. The summed E-state index contributed by atoms with van der Waals surface area (Å²) in [5.41, 5.74) is 5.62. The molecule has 0 fully saturated rings. The van der Waals surface area contributed by atoms with Crippen LogP contribution in [0.2, 0.25) is 0 Å². The number of carbonyl (C=O) groups is 1. The summed E-state index contributed by atoms with van der Waals surface area (Å²) in [5.74, 6) is 0.941. The molecule has 27 heavy (non-hydrogen) atoms. The van der Waals surface area contributed by atoms with Crippen LogP contribution in [0.1, 0.15) is 38.6 Å². The molecule has 2 aromatic carbocycles. The maximum atomic E-state index is 12.7. The quantitative estimate of drug-likeness (QED) is 0.699.